The summed E-state index contributed by atoms with van der Waals surface area (Å²) in [6.07, 6.45) is 3.91. The number of carbonyl (C=O) groups excluding carboxylic acids is 2. The topological polar surface area (TPSA) is 58.6 Å². The highest BCUT2D eigenvalue weighted by molar-refractivity contribution is 5.82. The van der Waals surface area contributed by atoms with E-state index in [2.05, 4.69) is 17.4 Å². The molecule has 0 saturated carbocycles. The minimum absolute atomic E-state index is 0.117. The number of piperidine rings is 1. The number of benzene rings is 1. The maximum atomic E-state index is 12.8. The second kappa shape index (κ2) is 6.79. The summed E-state index contributed by atoms with van der Waals surface area (Å²) in [5, 5.41) is 3.26. The first kappa shape index (κ1) is 16.6. The van der Waals surface area contributed by atoms with Gasteiger partial charge in [0.2, 0.25) is 11.8 Å². The van der Waals surface area contributed by atoms with Crippen molar-refractivity contribution in [2.75, 3.05) is 26.3 Å². The number of amides is 2. The summed E-state index contributed by atoms with van der Waals surface area (Å²) in [5.41, 5.74) is 1.04. The van der Waals surface area contributed by atoms with Crippen molar-refractivity contribution in [2.45, 2.75) is 43.6 Å². The largest absolute Gasteiger partial charge is 0.381 e. The zero-order valence-electron chi connectivity index (χ0n) is 14.6. The zero-order chi connectivity index (χ0) is 17.3. The van der Waals surface area contributed by atoms with Gasteiger partial charge in [-0.05, 0) is 31.2 Å². The lowest BCUT2D eigenvalue weighted by Gasteiger charge is -2.44. The van der Waals surface area contributed by atoms with E-state index in [1.165, 1.54) is 5.56 Å². The molecule has 3 aliphatic rings. The Morgan fingerprint density at radius 1 is 1.12 bits per heavy atom. The first-order valence-corrected chi connectivity index (χ1v) is 9.40. The number of hydrogen-bond donors (Lipinski definition) is 1. The molecule has 0 radical (unpaired) electrons. The molecule has 3 aliphatic heterocycles. The third-order valence-electron chi connectivity index (χ3n) is 6.18. The molecular formula is C20H26N2O3. The molecule has 1 spiro atoms. The number of ether oxygens (including phenoxy) is 1. The fourth-order valence-corrected chi connectivity index (χ4v) is 4.72. The van der Waals surface area contributed by atoms with Gasteiger partial charge in [0.05, 0.1) is 5.54 Å². The summed E-state index contributed by atoms with van der Waals surface area (Å²) in [5.74, 6) is 0.740. The van der Waals surface area contributed by atoms with E-state index >= 15 is 0 Å². The molecule has 1 N–H and O–H groups in total. The van der Waals surface area contributed by atoms with Gasteiger partial charge in [0.25, 0.3) is 0 Å². The molecule has 1 atom stereocenters. The normalized spacial score (nSPS) is 26.6. The van der Waals surface area contributed by atoms with Gasteiger partial charge in [-0.1, -0.05) is 30.3 Å². The van der Waals surface area contributed by atoms with E-state index in [4.69, 9.17) is 4.74 Å². The van der Waals surface area contributed by atoms with Gasteiger partial charge >= 0.3 is 0 Å². The molecule has 4 rings (SSSR count). The van der Waals surface area contributed by atoms with Crippen molar-refractivity contribution in [2.24, 2.45) is 5.92 Å². The second-order valence-corrected chi connectivity index (χ2v) is 7.58. The van der Waals surface area contributed by atoms with Crippen molar-refractivity contribution in [3.8, 4) is 0 Å². The van der Waals surface area contributed by atoms with Gasteiger partial charge in [-0.2, -0.15) is 0 Å². The minimum atomic E-state index is -0.190. The van der Waals surface area contributed by atoms with Gasteiger partial charge < -0.3 is 15.0 Å². The molecular weight excluding hydrogens is 316 g/mol. The van der Waals surface area contributed by atoms with Gasteiger partial charge in [0.1, 0.15) is 0 Å². The highest BCUT2D eigenvalue weighted by Gasteiger charge is 2.49. The van der Waals surface area contributed by atoms with Crippen LogP contribution >= 0.6 is 0 Å². The van der Waals surface area contributed by atoms with Gasteiger partial charge in [-0.25, -0.2) is 0 Å². The van der Waals surface area contributed by atoms with Crippen LogP contribution in [0.1, 0.15) is 43.6 Å². The maximum Gasteiger partial charge on any atom is 0.225 e. The van der Waals surface area contributed by atoms with E-state index in [1.54, 1.807) is 0 Å². The molecule has 3 fully saturated rings. The molecule has 5 nitrogen and oxygen atoms in total. The van der Waals surface area contributed by atoms with E-state index < -0.39 is 0 Å². The van der Waals surface area contributed by atoms with Gasteiger partial charge in [0, 0.05) is 44.6 Å². The van der Waals surface area contributed by atoms with Crippen LogP contribution in [-0.4, -0.2) is 48.6 Å². The summed E-state index contributed by atoms with van der Waals surface area (Å²) < 4.78 is 5.37. The molecule has 3 saturated heterocycles. The average molecular weight is 342 g/mol. The van der Waals surface area contributed by atoms with Crippen LogP contribution in [0.25, 0.3) is 0 Å². The highest BCUT2D eigenvalue weighted by Crippen LogP contribution is 2.43. The van der Waals surface area contributed by atoms with Crippen LogP contribution in [-0.2, 0) is 14.3 Å². The van der Waals surface area contributed by atoms with Crippen molar-refractivity contribution in [3.05, 3.63) is 35.9 Å². The van der Waals surface area contributed by atoms with Crippen LogP contribution in [0.3, 0.4) is 0 Å². The lowest BCUT2D eigenvalue weighted by Crippen LogP contribution is -2.55. The summed E-state index contributed by atoms with van der Waals surface area (Å²) >= 11 is 0. The third kappa shape index (κ3) is 3.17. The molecule has 5 heteroatoms. The van der Waals surface area contributed by atoms with Gasteiger partial charge in [-0.3, -0.25) is 9.59 Å². The van der Waals surface area contributed by atoms with Crippen LogP contribution in [0.2, 0.25) is 0 Å². The molecule has 1 aromatic rings. The quantitative estimate of drug-likeness (QED) is 0.895. The first-order chi connectivity index (χ1) is 12.2. The number of nitrogens with zero attached hydrogens (tertiary/aromatic N) is 1. The Bertz CT molecular complexity index is 632. The van der Waals surface area contributed by atoms with Crippen LogP contribution in [0.15, 0.2) is 30.3 Å². The molecule has 0 bridgehead atoms. The van der Waals surface area contributed by atoms with Crippen molar-refractivity contribution in [1.82, 2.24) is 10.2 Å². The van der Waals surface area contributed by atoms with Crippen molar-refractivity contribution >= 4 is 11.8 Å². The molecule has 1 unspecified atom stereocenters. The van der Waals surface area contributed by atoms with E-state index in [0.717, 1.165) is 38.8 Å². The predicted molar refractivity (Wildman–Crippen MR) is 94.0 cm³/mol. The Morgan fingerprint density at radius 2 is 1.80 bits per heavy atom. The van der Waals surface area contributed by atoms with Crippen molar-refractivity contribution in [3.63, 3.8) is 0 Å². The number of likely N-dealkylation sites (tertiary alicyclic amines) is 1. The minimum Gasteiger partial charge on any atom is -0.381 e. The number of hydrogen-bond acceptors (Lipinski definition) is 3. The van der Waals surface area contributed by atoms with Gasteiger partial charge in [0.15, 0.2) is 0 Å². The van der Waals surface area contributed by atoms with Crippen LogP contribution in [0, 0.1) is 5.92 Å². The lowest BCUT2D eigenvalue weighted by molar-refractivity contribution is -0.140. The molecule has 3 heterocycles. The summed E-state index contributed by atoms with van der Waals surface area (Å²) in [6.45, 7) is 2.86. The van der Waals surface area contributed by atoms with E-state index in [1.807, 2.05) is 23.1 Å². The Balaban J connectivity index is 1.46. The van der Waals surface area contributed by atoms with Crippen molar-refractivity contribution in [1.29, 1.82) is 0 Å². The molecule has 1 aromatic carbocycles. The Morgan fingerprint density at radius 3 is 2.48 bits per heavy atom. The maximum absolute atomic E-state index is 12.8. The van der Waals surface area contributed by atoms with Crippen molar-refractivity contribution < 1.29 is 14.3 Å². The third-order valence-corrected chi connectivity index (χ3v) is 6.18. The van der Waals surface area contributed by atoms with Gasteiger partial charge in [-0.15, -0.1) is 0 Å². The smallest absolute Gasteiger partial charge is 0.225 e. The second-order valence-electron chi connectivity index (χ2n) is 7.58. The predicted octanol–water partition coefficient (Wildman–Crippen LogP) is 2.08. The Kier molecular flexibility index (Phi) is 4.50. The summed E-state index contributed by atoms with van der Waals surface area (Å²) in [7, 11) is 0. The summed E-state index contributed by atoms with van der Waals surface area (Å²) in [4.78, 5) is 26.9. The fraction of sp³-hybridized carbons (Fsp3) is 0.600. The molecule has 2 amide bonds. The Hall–Kier alpha value is -1.88. The zero-order valence-corrected chi connectivity index (χ0v) is 14.6. The lowest BCUT2D eigenvalue weighted by atomic mass is 9.74. The number of rotatable bonds is 2. The Labute approximate surface area is 148 Å². The monoisotopic (exact) mass is 342 g/mol. The van der Waals surface area contributed by atoms with Crippen LogP contribution < -0.4 is 5.32 Å². The molecule has 0 aromatic heterocycles. The highest BCUT2D eigenvalue weighted by atomic mass is 16.5. The first-order valence-electron chi connectivity index (χ1n) is 9.40. The standard InChI is InChI=1S/C20H26N2O3/c23-18-14-17(15-4-2-1-3-5-15)20(21-18)8-10-22(11-9-20)19(24)16-6-12-25-13-7-16/h1-5,16-17H,6-14H2,(H,21,23). The number of nitrogens with one attached hydrogen (secondary N) is 1. The SMILES string of the molecule is O=C1CC(c2ccccc2)C2(CCN(C(=O)C3CCOCC3)CC2)N1. The van der Waals surface area contributed by atoms with E-state index in [9.17, 15) is 9.59 Å². The van der Waals surface area contributed by atoms with Crippen LogP contribution in [0.4, 0.5) is 0 Å². The number of carbonyl (C=O) groups is 2. The molecule has 0 aliphatic carbocycles. The fourth-order valence-electron chi connectivity index (χ4n) is 4.72. The molecule has 134 valence electrons. The van der Waals surface area contributed by atoms with E-state index in [-0.39, 0.29) is 29.2 Å². The van der Waals surface area contributed by atoms with E-state index in [0.29, 0.717) is 19.6 Å². The van der Waals surface area contributed by atoms with Crippen LogP contribution in [0.5, 0.6) is 0 Å². The molecule has 25 heavy (non-hydrogen) atoms. The average Bonchev–Trinajstić information content (AvgIpc) is 2.99. The summed E-state index contributed by atoms with van der Waals surface area (Å²) in [6, 6.07) is 10.3.